The second-order valence-electron chi connectivity index (χ2n) is 5.14. The van der Waals surface area contributed by atoms with Crippen molar-refractivity contribution in [3.8, 4) is 0 Å². The molecule has 4 amide bonds. The van der Waals surface area contributed by atoms with Crippen molar-refractivity contribution in [1.29, 1.82) is 0 Å². The summed E-state index contributed by atoms with van der Waals surface area (Å²) < 4.78 is 11.1. The molecule has 1 N–H and O–H groups in total. The van der Waals surface area contributed by atoms with Gasteiger partial charge in [0.05, 0.1) is 0 Å². The number of amides is 4. The highest BCUT2D eigenvalue weighted by molar-refractivity contribution is 7.84. The van der Waals surface area contributed by atoms with Gasteiger partial charge in [-0.25, -0.2) is 4.79 Å². The van der Waals surface area contributed by atoms with Crippen LogP contribution in [-0.2, 0) is 20.4 Å². The van der Waals surface area contributed by atoms with E-state index in [1.807, 2.05) is 0 Å². The first-order valence-electron chi connectivity index (χ1n) is 6.79. The third kappa shape index (κ3) is 2.92. The molecular formula is C13H22N2O4S. The first-order chi connectivity index (χ1) is 9.30. The Labute approximate surface area is 121 Å². The van der Waals surface area contributed by atoms with Crippen molar-refractivity contribution in [3.05, 3.63) is 0 Å². The van der Waals surface area contributed by atoms with E-state index in [0.717, 1.165) is 4.90 Å². The molecule has 1 saturated heterocycles. The highest BCUT2D eigenvalue weighted by atomic mass is 32.2. The number of nitrogens with one attached hydrogen (secondary N) is 1. The number of hydrogen-bond acceptors (Lipinski definition) is 4. The quantitative estimate of drug-likeness (QED) is 0.743. The molecule has 1 rings (SSSR count). The van der Waals surface area contributed by atoms with Crippen LogP contribution in [0.5, 0.6) is 0 Å². The van der Waals surface area contributed by atoms with E-state index in [0.29, 0.717) is 25.0 Å². The summed E-state index contributed by atoms with van der Waals surface area (Å²) in [5, 5.41) is 2.27. The third-order valence-electron chi connectivity index (χ3n) is 3.97. The molecular weight excluding hydrogens is 280 g/mol. The number of carbonyl (C=O) groups excluding carboxylic acids is 3. The zero-order valence-electron chi connectivity index (χ0n) is 12.4. The lowest BCUT2D eigenvalue weighted by Gasteiger charge is -2.40. The zero-order chi connectivity index (χ0) is 15.5. The molecule has 6 nitrogen and oxygen atoms in total. The number of rotatable bonds is 6. The van der Waals surface area contributed by atoms with Crippen LogP contribution in [0.25, 0.3) is 0 Å². The van der Waals surface area contributed by atoms with Crippen molar-refractivity contribution in [3.63, 3.8) is 0 Å². The predicted octanol–water partition coefficient (Wildman–Crippen LogP) is 1.03. The first kappa shape index (κ1) is 16.8. The normalized spacial score (nSPS) is 21.6. The molecule has 0 aromatic carbocycles. The molecule has 1 fully saturated rings. The largest absolute Gasteiger partial charge is 0.331 e. The van der Waals surface area contributed by atoms with Crippen molar-refractivity contribution in [1.82, 2.24) is 10.2 Å². The maximum atomic E-state index is 12.6. The molecule has 114 valence electrons. The second kappa shape index (κ2) is 6.47. The zero-order valence-corrected chi connectivity index (χ0v) is 13.2. The first-order valence-corrected chi connectivity index (χ1v) is 8.52. The van der Waals surface area contributed by atoms with Crippen LogP contribution < -0.4 is 5.32 Å². The Morgan fingerprint density at radius 2 is 1.80 bits per heavy atom. The number of carbonyl (C=O) groups is 3. The number of barbiturate groups is 1. The topological polar surface area (TPSA) is 83.6 Å². The van der Waals surface area contributed by atoms with Gasteiger partial charge in [0.1, 0.15) is 5.41 Å². The Balaban J connectivity index is 3.00. The van der Waals surface area contributed by atoms with Crippen LogP contribution in [0.4, 0.5) is 4.79 Å². The molecule has 1 heterocycles. The van der Waals surface area contributed by atoms with E-state index < -0.39 is 34.1 Å². The molecule has 20 heavy (non-hydrogen) atoms. The van der Waals surface area contributed by atoms with E-state index >= 15 is 0 Å². The molecule has 1 aliphatic heterocycles. The lowest BCUT2D eigenvalue weighted by atomic mass is 9.78. The van der Waals surface area contributed by atoms with E-state index in [4.69, 9.17) is 0 Å². The maximum Gasteiger partial charge on any atom is 0.331 e. The van der Waals surface area contributed by atoms with Crippen LogP contribution in [0, 0.1) is 5.41 Å². The third-order valence-corrected chi connectivity index (χ3v) is 4.78. The fourth-order valence-electron chi connectivity index (χ4n) is 2.44. The number of hydrogen-bond donors (Lipinski definition) is 1. The lowest BCUT2D eigenvalue weighted by molar-refractivity contribution is -0.153. The van der Waals surface area contributed by atoms with Gasteiger partial charge >= 0.3 is 6.03 Å². The Morgan fingerprint density at radius 1 is 1.25 bits per heavy atom. The summed E-state index contributed by atoms with van der Waals surface area (Å²) in [5.74, 6) is -0.539. The van der Waals surface area contributed by atoms with E-state index in [9.17, 15) is 18.6 Å². The molecule has 0 spiro atoms. The molecule has 0 aromatic heterocycles. The van der Waals surface area contributed by atoms with Gasteiger partial charge in [-0.05, 0) is 26.2 Å². The lowest BCUT2D eigenvalue weighted by Crippen LogP contribution is -2.65. The fourth-order valence-corrected chi connectivity index (χ4v) is 3.11. The minimum absolute atomic E-state index is 0.352. The van der Waals surface area contributed by atoms with Crippen LogP contribution in [0.15, 0.2) is 0 Å². The van der Waals surface area contributed by atoms with Gasteiger partial charge < -0.3 is 0 Å². The predicted molar refractivity (Wildman–Crippen MR) is 76.4 cm³/mol. The Kier molecular flexibility index (Phi) is 5.44. The smallest absolute Gasteiger partial charge is 0.277 e. The number of urea groups is 1. The molecule has 7 heteroatoms. The van der Waals surface area contributed by atoms with Crippen molar-refractivity contribution in [2.75, 3.05) is 12.0 Å². The van der Waals surface area contributed by atoms with Gasteiger partial charge in [0, 0.05) is 28.9 Å². The SMILES string of the molecule is CCC1(CC)C(=O)NC(=O)N(C(C)CCS(C)=O)C1=O. The molecule has 0 saturated carbocycles. The number of imide groups is 2. The van der Waals surface area contributed by atoms with E-state index in [1.165, 1.54) is 0 Å². The minimum atomic E-state index is -1.16. The van der Waals surface area contributed by atoms with Gasteiger partial charge in [-0.2, -0.15) is 0 Å². The van der Waals surface area contributed by atoms with Gasteiger partial charge in [0.2, 0.25) is 11.8 Å². The van der Waals surface area contributed by atoms with E-state index in [-0.39, 0.29) is 6.04 Å². The van der Waals surface area contributed by atoms with E-state index in [2.05, 4.69) is 5.32 Å². The van der Waals surface area contributed by atoms with Gasteiger partial charge in [-0.15, -0.1) is 0 Å². The molecule has 0 aromatic rings. The van der Waals surface area contributed by atoms with Gasteiger partial charge in [0.25, 0.3) is 0 Å². The summed E-state index contributed by atoms with van der Waals surface area (Å²) in [6.07, 6.45) is 2.74. The molecule has 0 bridgehead atoms. The molecule has 1 aliphatic rings. The average molecular weight is 302 g/mol. The van der Waals surface area contributed by atoms with Gasteiger partial charge in [-0.1, -0.05) is 13.8 Å². The molecule has 2 atom stereocenters. The van der Waals surface area contributed by atoms with Crippen LogP contribution in [-0.4, -0.2) is 45.0 Å². The standard InChI is InChI=1S/C13H22N2O4S/c1-5-13(6-2)10(16)14-12(18)15(11(13)17)9(3)7-8-20(4)19/h9H,5-8H2,1-4H3,(H,14,16,18). The average Bonchev–Trinajstić information content (AvgIpc) is 2.37. The van der Waals surface area contributed by atoms with Crippen LogP contribution in [0.3, 0.4) is 0 Å². The highest BCUT2D eigenvalue weighted by Crippen LogP contribution is 2.33. The Hall–Kier alpha value is -1.24. The van der Waals surface area contributed by atoms with Gasteiger partial charge in [-0.3, -0.25) is 24.0 Å². The maximum absolute atomic E-state index is 12.6. The van der Waals surface area contributed by atoms with Crippen LogP contribution in [0.2, 0.25) is 0 Å². The fraction of sp³-hybridized carbons (Fsp3) is 0.769. The van der Waals surface area contributed by atoms with Crippen molar-refractivity contribution >= 4 is 28.6 Å². The molecule has 0 radical (unpaired) electrons. The monoisotopic (exact) mass is 302 g/mol. The van der Waals surface area contributed by atoms with Crippen molar-refractivity contribution in [2.24, 2.45) is 5.41 Å². The summed E-state index contributed by atoms with van der Waals surface area (Å²) in [4.78, 5) is 37.6. The molecule has 2 unspecified atom stereocenters. The second-order valence-corrected chi connectivity index (χ2v) is 6.69. The van der Waals surface area contributed by atoms with Crippen molar-refractivity contribution < 1.29 is 18.6 Å². The highest BCUT2D eigenvalue weighted by Gasteiger charge is 2.52. The Morgan fingerprint density at radius 3 is 2.25 bits per heavy atom. The summed E-state index contributed by atoms with van der Waals surface area (Å²) in [7, 11) is -0.979. The number of nitrogens with zero attached hydrogens (tertiary/aromatic N) is 1. The van der Waals surface area contributed by atoms with Crippen LogP contribution >= 0.6 is 0 Å². The summed E-state index contributed by atoms with van der Waals surface area (Å²) in [6, 6.07) is -1.05. The molecule has 0 aliphatic carbocycles. The summed E-state index contributed by atoms with van der Waals surface area (Å²) >= 11 is 0. The minimum Gasteiger partial charge on any atom is -0.277 e. The summed E-state index contributed by atoms with van der Waals surface area (Å²) in [6.45, 7) is 5.26. The van der Waals surface area contributed by atoms with Crippen molar-refractivity contribution in [2.45, 2.75) is 46.1 Å². The van der Waals surface area contributed by atoms with Gasteiger partial charge in [0.15, 0.2) is 0 Å². The van der Waals surface area contributed by atoms with Crippen LogP contribution in [0.1, 0.15) is 40.0 Å². The summed E-state index contributed by atoms with van der Waals surface area (Å²) in [5.41, 5.74) is -1.16. The Bertz CT molecular complexity index is 446. The van der Waals surface area contributed by atoms with E-state index in [1.54, 1.807) is 27.0 Å².